The predicted octanol–water partition coefficient (Wildman–Crippen LogP) is 7.95. The molecule has 200 valence electrons. The van der Waals surface area contributed by atoms with E-state index >= 15 is 0 Å². The molecular weight excluding hydrogens is 500 g/mol. The summed E-state index contributed by atoms with van der Waals surface area (Å²) >= 11 is 0. The van der Waals surface area contributed by atoms with E-state index in [0.717, 1.165) is 22.3 Å². The van der Waals surface area contributed by atoms with Crippen molar-refractivity contribution in [2.45, 2.75) is 26.7 Å². The monoisotopic (exact) mass is 530 g/mol. The third-order valence-corrected chi connectivity index (χ3v) is 6.19. The van der Waals surface area contributed by atoms with E-state index in [4.69, 9.17) is 18.9 Å². The van der Waals surface area contributed by atoms with Gasteiger partial charge in [0.1, 0.15) is 25.6 Å². The maximum atomic E-state index is 13.3. The molecule has 0 amide bonds. The molecule has 0 radical (unpaired) electrons. The summed E-state index contributed by atoms with van der Waals surface area (Å²) < 4.78 is 24.5. The summed E-state index contributed by atoms with van der Waals surface area (Å²) in [6.07, 6.45) is 0. The molecule has 5 heteroatoms. The number of aryl methyl sites for hydroxylation is 1. The van der Waals surface area contributed by atoms with Crippen molar-refractivity contribution in [1.29, 1.82) is 0 Å². The minimum absolute atomic E-state index is 0.289. The Morgan fingerprint density at radius 2 is 0.975 bits per heavy atom. The standard InChI is InChI=1S/C35H30O5/c1-26-17-19-31(20-18-26)40-35(36)30-21-32(37-23-27-11-5-2-6-12-27)34(39-25-29-15-9-4-10-16-29)33(22-30)38-24-28-13-7-3-8-14-28/h2-22H,23-25H2,1H3. The molecule has 0 saturated carbocycles. The van der Waals surface area contributed by atoms with Gasteiger partial charge in [-0.25, -0.2) is 4.79 Å². The van der Waals surface area contributed by atoms with Crippen molar-refractivity contribution < 1.29 is 23.7 Å². The maximum absolute atomic E-state index is 13.3. The van der Waals surface area contributed by atoms with Crippen LogP contribution in [0, 0.1) is 6.92 Å². The van der Waals surface area contributed by atoms with Crippen LogP contribution in [0.2, 0.25) is 0 Å². The molecule has 0 heterocycles. The van der Waals surface area contributed by atoms with Crippen LogP contribution in [-0.2, 0) is 19.8 Å². The Morgan fingerprint density at radius 1 is 0.550 bits per heavy atom. The molecular formula is C35H30O5. The Balaban J connectivity index is 1.49. The van der Waals surface area contributed by atoms with Gasteiger partial charge in [0.25, 0.3) is 0 Å². The van der Waals surface area contributed by atoms with Crippen LogP contribution < -0.4 is 18.9 Å². The lowest BCUT2D eigenvalue weighted by Crippen LogP contribution is -2.11. The molecule has 5 nitrogen and oxygen atoms in total. The maximum Gasteiger partial charge on any atom is 0.343 e. The van der Waals surface area contributed by atoms with Crippen molar-refractivity contribution in [1.82, 2.24) is 0 Å². The second kappa shape index (κ2) is 13.2. The van der Waals surface area contributed by atoms with Crippen molar-refractivity contribution in [2.75, 3.05) is 0 Å². The zero-order valence-corrected chi connectivity index (χ0v) is 22.3. The van der Waals surface area contributed by atoms with Crippen LogP contribution >= 0.6 is 0 Å². The first-order chi connectivity index (χ1) is 19.6. The molecule has 0 aliphatic heterocycles. The summed E-state index contributed by atoms with van der Waals surface area (Å²) in [7, 11) is 0. The van der Waals surface area contributed by atoms with Gasteiger partial charge in [0.05, 0.1) is 5.56 Å². The van der Waals surface area contributed by atoms with Crippen LogP contribution in [0.25, 0.3) is 0 Å². The molecule has 0 N–H and O–H groups in total. The van der Waals surface area contributed by atoms with E-state index in [1.54, 1.807) is 24.3 Å². The Hall–Kier alpha value is -5.03. The topological polar surface area (TPSA) is 54.0 Å². The van der Waals surface area contributed by atoms with Crippen LogP contribution in [-0.4, -0.2) is 5.97 Å². The van der Waals surface area contributed by atoms with Crippen molar-refractivity contribution in [3.63, 3.8) is 0 Å². The number of rotatable bonds is 11. The van der Waals surface area contributed by atoms with E-state index in [0.29, 0.717) is 35.2 Å². The van der Waals surface area contributed by atoms with Gasteiger partial charge in [-0.05, 0) is 47.9 Å². The molecule has 0 aromatic heterocycles. The predicted molar refractivity (Wildman–Crippen MR) is 155 cm³/mol. The fraction of sp³-hybridized carbons (Fsp3) is 0.114. The number of hydrogen-bond acceptors (Lipinski definition) is 5. The average Bonchev–Trinajstić information content (AvgIpc) is 3.00. The number of esters is 1. The third kappa shape index (κ3) is 7.29. The first-order valence-electron chi connectivity index (χ1n) is 13.1. The summed E-state index contributed by atoms with van der Waals surface area (Å²) in [6.45, 7) is 2.86. The van der Waals surface area contributed by atoms with Gasteiger partial charge in [0, 0.05) is 0 Å². The largest absolute Gasteiger partial charge is 0.485 e. The molecule has 0 atom stereocenters. The van der Waals surface area contributed by atoms with Gasteiger partial charge in [-0.3, -0.25) is 0 Å². The lowest BCUT2D eigenvalue weighted by molar-refractivity contribution is 0.0733. The van der Waals surface area contributed by atoms with E-state index in [1.807, 2.05) is 110 Å². The summed E-state index contributed by atoms with van der Waals surface area (Å²) in [5.74, 6) is 1.14. The summed E-state index contributed by atoms with van der Waals surface area (Å²) in [5, 5.41) is 0. The molecule has 0 saturated heterocycles. The van der Waals surface area contributed by atoms with E-state index < -0.39 is 5.97 Å². The highest BCUT2D eigenvalue weighted by Crippen LogP contribution is 2.40. The van der Waals surface area contributed by atoms with Crippen molar-refractivity contribution in [3.8, 4) is 23.0 Å². The molecule has 0 bridgehead atoms. The third-order valence-electron chi connectivity index (χ3n) is 6.19. The number of carbonyl (C=O) groups excluding carboxylic acids is 1. The molecule has 40 heavy (non-hydrogen) atoms. The minimum atomic E-state index is -0.521. The van der Waals surface area contributed by atoms with Crippen LogP contribution in [0.5, 0.6) is 23.0 Å². The SMILES string of the molecule is Cc1ccc(OC(=O)c2cc(OCc3ccccc3)c(OCc3ccccc3)c(OCc3ccccc3)c2)cc1. The Bertz CT molecular complexity index is 1450. The van der Waals surface area contributed by atoms with E-state index in [1.165, 1.54) is 0 Å². The highest BCUT2D eigenvalue weighted by molar-refractivity contribution is 5.92. The molecule has 0 aliphatic carbocycles. The van der Waals surface area contributed by atoms with E-state index in [2.05, 4.69) is 0 Å². The second-order valence-electron chi connectivity index (χ2n) is 9.33. The van der Waals surface area contributed by atoms with Gasteiger partial charge in [0.15, 0.2) is 11.5 Å². The first kappa shape index (κ1) is 26.6. The van der Waals surface area contributed by atoms with Gasteiger partial charge in [-0.1, -0.05) is 109 Å². The molecule has 5 rings (SSSR count). The molecule has 5 aromatic carbocycles. The zero-order chi connectivity index (χ0) is 27.6. The highest BCUT2D eigenvalue weighted by Gasteiger charge is 2.21. The Labute approximate surface area is 234 Å². The average molecular weight is 531 g/mol. The fourth-order valence-corrected chi connectivity index (χ4v) is 4.02. The Kier molecular flexibility index (Phi) is 8.74. The van der Waals surface area contributed by atoms with Crippen LogP contribution in [0.4, 0.5) is 0 Å². The van der Waals surface area contributed by atoms with Gasteiger partial charge in [0.2, 0.25) is 5.75 Å². The smallest absolute Gasteiger partial charge is 0.343 e. The normalized spacial score (nSPS) is 10.5. The van der Waals surface area contributed by atoms with Crippen molar-refractivity contribution >= 4 is 5.97 Å². The first-order valence-corrected chi connectivity index (χ1v) is 13.1. The lowest BCUT2D eigenvalue weighted by atomic mass is 10.1. The van der Waals surface area contributed by atoms with E-state index in [9.17, 15) is 4.79 Å². The second-order valence-corrected chi connectivity index (χ2v) is 9.33. The quantitative estimate of drug-likeness (QED) is 0.128. The highest BCUT2D eigenvalue weighted by atomic mass is 16.5. The van der Waals surface area contributed by atoms with Gasteiger partial charge >= 0.3 is 5.97 Å². The summed E-state index contributed by atoms with van der Waals surface area (Å²) in [5.41, 5.74) is 4.33. The molecule has 5 aromatic rings. The van der Waals surface area contributed by atoms with E-state index in [-0.39, 0.29) is 13.2 Å². The molecule has 0 spiro atoms. The number of hydrogen-bond donors (Lipinski definition) is 0. The van der Waals surface area contributed by atoms with Crippen LogP contribution in [0.3, 0.4) is 0 Å². The van der Waals surface area contributed by atoms with Crippen molar-refractivity contribution in [2.24, 2.45) is 0 Å². The minimum Gasteiger partial charge on any atom is -0.485 e. The van der Waals surface area contributed by atoms with Crippen molar-refractivity contribution in [3.05, 3.63) is 155 Å². The van der Waals surface area contributed by atoms with Gasteiger partial charge in [-0.15, -0.1) is 0 Å². The zero-order valence-electron chi connectivity index (χ0n) is 22.3. The molecule has 0 unspecified atom stereocenters. The number of benzene rings is 5. The number of carbonyl (C=O) groups is 1. The summed E-state index contributed by atoms with van der Waals surface area (Å²) in [4.78, 5) is 13.3. The summed E-state index contributed by atoms with van der Waals surface area (Å²) in [6, 6.07) is 40.1. The molecule has 0 fully saturated rings. The van der Waals surface area contributed by atoms with Gasteiger partial charge in [-0.2, -0.15) is 0 Å². The van der Waals surface area contributed by atoms with Gasteiger partial charge < -0.3 is 18.9 Å². The van der Waals surface area contributed by atoms with Crippen LogP contribution in [0.15, 0.2) is 127 Å². The lowest BCUT2D eigenvalue weighted by Gasteiger charge is -2.19. The van der Waals surface area contributed by atoms with Crippen LogP contribution in [0.1, 0.15) is 32.6 Å². The Morgan fingerprint density at radius 3 is 1.43 bits per heavy atom. The molecule has 0 aliphatic rings. The number of ether oxygens (including phenoxy) is 4. The fourth-order valence-electron chi connectivity index (χ4n) is 4.02.